The molecule has 0 fully saturated rings. The maximum Gasteiger partial charge on any atom is 0.161 e. The highest BCUT2D eigenvalue weighted by atomic mass is 79.9. The summed E-state index contributed by atoms with van der Waals surface area (Å²) in [6, 6.07) is 16.8. The Hall–Kier alpha value is -2.92. The van der Waals surface area contributed by atoms with E-state index in [2.05, 4.69) is 87.2 Å². The number of rotatable bonds is 3. The number of halogens is 1. The number of hydrogen-bond acceptors (Lipinski definition) is 3. The van der Waals surface area contributed by atoms with Crippen LogP contribution in [0.15, 0.2) is 81.7 Å². The lowest BCUT2D eigenvalue weighted by molar-refractivity contribution is -0.117. The lowest BCUT2D eigenvalue weighted by Crippen LogP contribution is -2.37. The van der Waals surface area contributed by atoms with Crippen LogP contribution >= 0.6 is 15.9 Å². The zero-order chi connectivity index (χ0) is 23.4. The van der Waals surface area contributed by atoms with Crippen LogP contribution in [0.1, 0.15) is 55.6 Å². The Labute approximate surface area is 208 Å². The fourth-order valence-electron chi connectivity index (χ4n) is 6.09. The Morgan fingerprint density at radius 3 is 2.12 bits per heavy atom. The van der Waals surface area contributed by atoms with Crippen molar-refractivity contribution in [1.29, 1.82) is 0 Å². The minimum Gasteiger partial charge on any atom is -0.351 e. The van der Waals surface area contributed by atoms with Crippen molar-refractivity contribution in [3.63, 3.8) is 0 Å². The Balaban J connectivity index is 1.56. The Morgan fingerprint density at radius 1 is 0.853 bits per heavy atom. The molecule has 2 aliphatic carbocycles. The van der Waals surface area contributed by atoms with Crippen LogP contribution in [-0.2, 0) is 16.1 Å². The van der Waals surface area contributed by atoms with E-state index in [0.717, 1.165) is 75.7 Å². The Kier molecular flexibility index (Phi) is 5.33. The van der Waals surface area contributed by atoms with Gasteiger partial charge in [-0.1, -0.05) is 46.3 Å². The molecule has 2 aromatic carbocycles. The molecule has 0 unspecified atom stereocenters. The van der Waals surface area contributed by atoms with E-state index in [4.69, 9.17) is 0 Å². The van der Waals surface area contributed by atoms with Gasteiger partial charge in [0.05, 0.1) is 0 Å². The van der Waals surface area contributed by atoms with Gasteiger partial charge in [0.25, 0.3) is 0 Å². The first-order valence-corrected chi connectivity index (χ1v) is 12.9. The summed E-state index contributed by atoms with van der Waals surface area (Å²) in [6.45, 7) is 0.736. The average Bonchev–Trinajstić information content (AvgIpc) is 3.20. The van der Waals surface area contributed by atoms with Crippen molar-refractivity contribution in [1.82, 2.24) is 9.47 Å². The van der Waals surface area contributed by atoms with Crippen molar-refractivity contribution in [3.8, 4) is 0 Å². The van der Waals surface area contributed by atoms with Crippen LogP contribution in [0.4, 0.5) is 0 Å². The van der Waals surface area contributed by atoms with E-state index in [-0.39, 0.29) is 17.5 Å². The molecule has 0 saturated heterocycles. The smallest absolute Gasteiger partial charge is 0.161 e. The largest absolute Gasteiger partial charge is 0.351 e. The third kappa shape index (κ3) is 3.40. The summed E-state index contributed by atoms with van der Waals surface area (Å²) in [5.41, 5.74) is 7.39. The topological polar surface area (TPSA) is 42.3 Å². The van der Waals surface area contributed by atoms with E-state index in [9.17, 15) is 9.59 Å². The lowest BCUT2D eigenvalue weighted by Gasteiger charge is -2.42. The van der Waals surface area contributed by atoms with E-state index in [0.29, 0.717) is 12.8 Å². The highest BCUT2D eigenvalue weighted by molar-refractivity contribution is 9.10. The van der Waals surface area contributed by atoms with Crippen molar-refractivity contribution in [2.75, 3.05) is 7.05 Å². The molecule has 0 N–H and O–H groups in total. The number of fused-ring (bicyclic) bond motifs is 1. The number of carbonyl (C=O) groups is 2. The summed E-state index contributed by atoms with van der Waals surface area (Å²) >= 11 is 3.52. The monoisotopic (exact) mass is 514 g/mol. The highest BCUT2D eigenvalue weighted by Gasteiger charge is 2.43. The summed E-state index contributed by atoms with van der Waals surface area (Å²) in [5.74, 6) is 0.137. The summed E-state index contributed by atoms with van der Waals surface area (Å²) in [5, 5.41) is 1.13. The predicted octanol–water partition coefficient (Wildman–Crippen LogP) is 6.50. The van der Waals surface area contributed by atoms with Crippen LogP contribution in [0.3, 0.4) is 0 Å². The van der Waals surface area contributed by atoms with Gasteiger partial charge in [0.2, 0.25) is 0 Å². The third-order valence-corrected chi connectivity index (χ3v) is 8.17. The van der Waals surface area contributed by atoms with Gasteiger partial charge in [-0.15, -0.1) is 0 Å². The Morgan fingerprint density at radius 2 is 1.47 bits per heavy atom. The summed E-state index contributed by atoms with van der Waals surface area (Å²) in [4.78, 5) is 28.9. The molecular weight excluding hydrogens is 488 g/mol. The number of hydrogen-bond donors (Lipinski definition) is 0. The number of allylic oxidation sites excluding steroid dienone is 4. The zero-order valence-electron chi connectivity index (χ0n) is 19.3. The maximum atomic E-state index is 13.4. The van der Waals surface area contributed by atoms with Crippen LogP contribution in [0.25, 0.3) is 10.9 Å². The molecule has 4 nitrogen and oxygen atoms in total. The van der Waals surface area contributed by atoms with E-state index in [1.165, 1.54) is 5.56 Å². The maximum absolute atomic E-state index is 13.4. The molecule has 0 saturated carbocycles. The van der Waals surface area contributed by atoms with Crippen molar-refractivity contribution >= 4 is 38.4 Å². The van der Waals surface area contributed by atoms with Gasteiger partial charge in [-0.05, 0) is 55.0 Å². The molecule has 6 rings (SSSR count). The molecule has 0 spiro atoms. The van der Waals surface area contributed by atoms with Gasteiger partial charge in [-0.3, -0.25) is 9.59 Å². The van der Waals surface area contributed by atoms with Crippen LogP contribution in [0.5, 0.6) is 0 Å². The number of carbonyl (C=O) groups excluding carboxylic acids is 2. The fourth-order valence-corrected chi connectivity index (χ4v) is 6.35. The van der Waals surface area contributed by atoms with Crippen molar-refractivity contribution in [2.24, 2.45) is 0 Å². The van der Waals surface area contributed by atoms with E-state index < -0.39 is 0 Å². The van der Waals surface area contributed by atoms with Crippen LogP contribution < -0.4 is 0 Å². The molecule has 0 radical (unpaired) electrons. The first-order chi connectivity index (χ1) is 16.5. The number of nitrogens with zero attached hydrogens (tertiary/aromatic N) is 2. The Bertz CT molecular complexity index is 1350. The molecule has 1 aliphatic heterocycles. The summed E-state index contributed by atoms with van der Waals surface area (Å²) in [6.07, 6.45) is 6.90. The number of Topliss-reactive ketones (excluding diaryl/α,β-unsaturated/α-hetero) is 2. The first kappa shape index (κ1) is 21.6. The third-order valence-electron chi connectivity index (χ3n) is 7.64. The fraction of sp³-hybridized carbons (Fsp3) is 0.310. The van der Waals surface area contributed by atoms with Crippen LogP contribution in [0, 0.1) is 0 Å². The van der Waals surface area contributed by atoms with Crippen LogP contribution in [0.2, 0.25) is 0 Å². The lowest BCUT2D eigenvalue weighted by atomic mass is 9.71. The molecule has 3 aliphatic rings. The molecule has 5 heteroatoms. The van der Waals surface area contributed by atoms with E-state index in [1.54, 1.807) is 0 Å². The van der Waals surface area contributed by atoms with Gasteiger partial charge >= 0.3 is 0 Å². The molecule has 0 atom stereocenters. The molecule has 0 bridgehead atoms. The first-order valence-electron chi connectivity index (χ1n) is 12.1. The van der Waals surface area contributed by atoms with Crippen LogP contribution in [-0.4, -0.2) is 28.1 Å². The second kappa shape index (κ2) is 8.38. The SMILES string of the molecule is CN1C2=C(C(=O)CCC2)C(c2cn(Cc3ccc(Br)cc3)c3ccccc23)C2=C1CCCC2=O. The number of para-hydroxylation sites is 1. The van der Waals surface area contributed by atoms with E-state index in [1.807, 2.05) is 0 Å². The van der Waals surface area contributed by atoms with Gasteiger partial charge in [-0.2, -0.15) is 0 Å². The highest BCUT2D eigenvalue weighted by Crippen LogP contribution is 2.50. The predicted molar refractivity (Wildman–Crippen MR) is 137 cm³/mol. The zero-order valence-corrected chi connectivity index (χ0v) is 20.9. The molecule has 3 aromatic rings. The molecular formula is C29H27BrN2O2. The minimum absolute atomic E-state index is 0.202. The number of aromatic nitrogens is 1. The summed E-state index contributed by atoms with van der Waals surface area (Å²) in [7, 11) is 2.05. The molecule has 34 heavy (non-hydrogen) atoms. The van der Waals surface area contributed by atoms with Crippen molar-refractivity contribution in [3.05, 3.63) is 92.9 Å². The quantitative estimate of drug-likeness (QED) is 0.400. The van der Waals surface area contributed by atoms with Gasteiger partial charge in [-0.25, -0.2) is 0 Å². The molecule has 1 aromatic heterocycles. The van der Waals surface area contributed by atoms with E-state index >= 15 is 0 Å². The molecule has 0 amide bonds. The number of benzene rings is 2. The van der Waals surface area contributed by atoms with Crippen molar-refractivity contribution < 1.29 is 9.59 Å². The van der Waals surface area contributed by atoms with Gasteiger partial charge < -0.3 is 9.47 Å². The molecule has 2 heterocycles. The molecule has 172 valence electrons. The standard InChI is InChI=1S/C29H27BrN2O2/c1-31-23-8-4-10-25(33)28(23)27(29-24(31)9-5-11-26(29)34)21-17-32(22-7-3-2-6-20(21)22)16-18-12-14-19(30)15-13-18/h2-3,6-7,12-15,17,27H,4-5,8-11,16H2,1H3. The van der Waals surface area contributed by atoms with Gasteiger partial charge in [0.1, 0.15) is 0 Å². The average molecular weight is 515 g/mol. The number of ketones is 2. The summed E-state index contributed by atoms with van der Waals surface area (Å²) < 4.78 is 3.33. The second-order valence-electron chi connectivity index (χ2n) is 9.62. The van der Waals surface area contributed by atoms with Gasteiger partial charge in [0, 0.05) is 76.5 Å². The van der Waals surface area contributed by atoms with Crippen molar-refractivity contribution in [2.45, 2.75) is 51.0 Å². The second-order valence-corrected chi connectivity index (χ2v) is 10.5. The normalized spacial score (nSPS) is 19.2. The van der Waals surface area contributed by atoms with Gasteiger partial charge in [0.15, 0.2) is 11.6 Å². The minimum atomic E-state index is -0.266.